The van der Waals surface area contributed by atoms with Gasteiger partial charge >= 0.3 is 6.09 Å². The van der Waals surface area contributed by atoms with Gasteiger partial charge in [-0.05, 0) is 111 Å². The Balaban J connectivity index is 2.67. The van der Waals surface area contributed by atoms with Crippen LogP contribution in [0.1, 0.15) is 90.6 Å². The highest BCUT2D eigenvalue weighted by molar-refractivity contribution is 5.93. The minimum Gasteiger partial charge on any atom is -0.508 e. The Morgan fingerprint density at radius 2 is 1.45 bits per heavy atom. The lowest BCUT2D eigenvalue weighted by Crippen LogP contribution is -2.60. The summed E-state index contributed by atoms with van der Waals surface area (Å²) in [6.07, 6.45) is -0.605. The summed E-state index contributed by atoms with van der Waals surface area (Å²) in [4.78, 5) is 42.9. The number of aryl methyl sites for hydroxylation is 2. The van der Waals surface area contributed by atoms with Gasteiger partial charge in [0.25, 0.3) is 0 Å². The van der Waals surface area contributed by atoms with Gasteiger partial charge in [-0.15, -0.1) is 0 Å². The van der Waals surface area contributed by atoms with E-state index in [1.165, 1.54) is 12.1 Å². The van der Waals surface area contributed by atoms with Crippen molar-refractivity contribution in [1.82, 2.24) is 15.5 Å². The van der Waals surface area contributed by atoms with E-state index >= 15 is 0 Å². The Kier molecular flexibility index (Phi) is 10.1. The zero-order chi connectivity index (χ0) is 30.6. The summed E-state index contributed by atoms with van der Waals surface area (Å²) in [6, 6.07) is 10.2. The first kappa shape index (κ1) is 32.7. The van der Waals surface area contributed by atoms with E-state index in [9.17, 15) is 19.5 Å². The van der Waals surface area contributed by atoms with Crippen molar-refractivity contribution in [2.45, 2.75) is 111 Å². The number of carbonyl (C=O) groups excluding carboxylic acids is 3. The largest absolute Gasteiger partial charge is 0.508 e. The van der Waals surface area contributed by atoms with Gasteiger partial charge in [-0.1, -0.05) is 30.3 Å². The number of aromatic hydroxyl groups is 1. The molecule has 0 aliphatic heterocycles. The number of ether oxygens (including phenoxy) is 1. The maximum Gasteiger partial charge on any atom is 0.408 e. The Labute approximate surface area is 239 Å². The fourth-order valence-corrected chi connectivity index (χ4v) is 4.32. The first-order chi connectivity index (χ1) is 18.2. The zero-order valence-corrected chi connectivity index (χ0v) is 25.9. The SMILES string of the molecule is Cc1ccc(C(C(=O)NC(C)(C)C)N(C(=O)C(Cc2ccc(O)cc2)NC(=O)OC(C)(C)C)C(C)(C)C)cc1C. The molecule has 0 fully saturated rings. The van der Waals surface area contributed by atoms with Crippen molar-refractivity contribution in [3.8, 4) is 5.75 Å². The number of benzene rings is 2. The molecule has 2 aromatic rings. The fraction of sp³-hybridized carbons (Fsp3) is 0.531. The maximum atomic E-state index is 14.5. The summed E-state index contributed by atoms with van der Waals surface area (Å²) < 4.78 is 5.49. The molecule has 0 aromatic heterocycles. The molecule has 2 atom stereocenters. The number of hydrogen-bond donors (Lipinski definition) is 3. The summed E-state index contributed by atoms with van der Waals surface area (Å²) >= 11 is 0. The summed E-state index contributed by atoms with van der Waals surface area (Å²) in [5.74, 6) is -0.657. The first-order valence-corrected chi connectivity index (χ1v) is 13.7. The van der Waals surface area contributed by atoms with E-state index in [1.807, 2.05) is 73.6 Å². The Morgan fingerprint density at radius 1 is 0.875 bits per heavy atom. The lowest BCUT2D eigenvalue weighted by atomic mass is 9.92. The molecule has 2 unspecified atom stereocenters. The molecule has 0 saturated heterocycles. The molecule has 8 nitrogen and oxygen atoms in total. The third-order valence-electron chi connectivity index (χ3n) is 6.18. The molecule has 0 aliphatic carbocycles. The van der Waals surface area contributed by atoms with Gasteiger partial charge in [-0.25, -0.2) is 4.79 Å². The van der Waals surface area contributed by atoms with Crippen LogP contribution in [-0.4, -0.2) is 50.6 Å². The molecule has 0 heterocycles. The smallest absolute Gasteiger partial charge is 0.408 e. The third-order valence-corrected chi connectivity index (χ3v) is 6.18. The van der Waals surface area contributed by atoms with Crippen LogP contribution in [0.2, 0.25) is 0 Å². The number of alkyl carbamates (subject to hydrolysis) is 1. The highest BCUT2D eigenvalue weighted by atomic mass is 16.6. The van der Waals surface area contributed by atoms with Crippen molar-refractivity contribution < 1.29 is 24.2 Å². The molecule has 0 spiro atoms. The van der Waals surface area contributed by atoms with Crippen molar-refractivity contribution >= 4 is 17.9 Å². The van der Waals surface area contributed by atoms with Crippen LogP contribution in [0.25, 0.3) is 0 Å². The maximum absolute atomic E-state index is 14.5. The van der Waals surface area contributed by atoms with E-state index in [2.05, 4.69) is 10.6 Å². The number of amides is 3. The molecule has 8 heteroatoms. The highest BCUT2D eigenvalue weighted by Gasteiger charge is 2.42. The predicted octanol–water partition coefficient (Wildman–Crippen LogP) is 5.73. The second-order valence-corrected chi connectivity index (χ2v) is 13.4. The van der Waals surface area contributed by atoms with Crippen LogP contribution in [0.3, 0.4) is 0 Å². The van der Waals surface area contributed by atoms with Gasteiger partial charge in [-0.3, -0.25) is 9.59 Å². The van der Waals surface area contributed by atoms with Crippen LogP contribution < -0.4 is 10.6 Å². The number of hydrogen-bond acceptors (Lipinski definition) is 5. The molecule has 0 saturated carbocycles. The number of phenolic OH excluding ortho intramolecular Hbond substituents is 1. The highest BCUT2D eigenvalue weighted by Crippen LogP contribution is 2.32. The molecule has 2 rings (SSSR count). The van der Waals surface area contributed by atoms with Gasteiger partial charge in [0, 0.05) is 17.5 Å². The second kappa shape index (κ2) is 12.3. The molecular formula is C32H47N3O5. The molecule has 220 valence electrons. The van der Waals surface area contributed by atoms with E-state index in [-0.39, 0.29) is 18.1 Å². The molecule has 0 radical (unpaired) electrons. The molecule has 3 amide bonds. The predicted molar refractivity (Wildman–Crippen MR) is 158 cm³/mol. The Bertz CT molecular complexity index is 1200. The summed E-state index contributed by atoms with van der Waals surface area (Å²) in [5, 5.41) is 15.6. The van der Waals surface area contributed by atoms with Gasteiger partial charge in [-0.2, -0.15) is 0 Å². The summed E-state index contributed by atoms with van der Waals surface area (Å²) in [6.45, 7) is 20.5. The quantitative estimate of drug-likeness (QED) is 0.406. The minimum atomic E-state index is -1.05. The van der Waals surface area contributed by atoms with E-state index in [0.717, 1.165) is 16.7 Å². The number of rotatable bonds is 7. The van der Waals surface area contributed by atoms with Crippen LogP contribution >= 0.6 is 0 Å². The number of phenols is 1. The van der Waals surface area contributed by atoms with Crippen molar-refractivity contribution in [3.63, 3.8) is 0 Å². The number of carbonyl (C=O) groups is 3. The van der Waals surface area contributed by atoms with Gasteiger partial charge in [0.2, 0.25) is 11.8 Å². The fourth-order valence-electron chi connectivity index (χ4n) is 4.32. The van der Waals surface area contributed by atoms with Crippen molar-refractivity contribution in [3.05, 3.63) is 64.7 Å². The van der Waals surface area contributed by atoms with E-state index < -0.39 is 40.8 Å². The lowest BCUT2D eigenvalue weighted by Gasteiger charge is -2.44. The molecule has 0 aliphatic rings. The number of nitrogens with zero attached hydrogens (tertiary/aromatic N) is 1. The van der Waals surface area contributed by atoms with Gasteiger partial charge in [0.1, 0.15) is 23.4 Å². The van der Waals surface area contributed by atoms with Crippen LogP contribution in [0.15, 0.2) is 42.5 Å². The van der Waals surface area contributed by atoms with E-state index in [0.29, 0.717) is 5.56 Å². The van der Waals surface area contributed by atoms with Crippen molar-refractivity contribution in [2.75, 3.05) is 0 Å². The van der Waals surface area contributed by atoms with Crippen molar-refractivity contribution in [2.24, 2.45) is 0 Å². The normalized spacial score (nSPS) is 13.7. The average Bonchev–Trinajstić information content (AvgIpc) is 2.76. The van der Waals surface area contributed by atoms with E-state index in [1.54, 1.807) is 37.8 Å². The average molecular weight is 554 g/mol. The Morgan fingerprint density at radius 3 is 1.93 bits per heavy atom. The first-order valence-electron chi connectivity index (χ1n) is 13.7. The standard InChI is InChI=1S/C32H47N3O5/c1-20-12-15-23(18-21(20)2)26(27(37)34-30(3,4)5)35(31(6,7)8)28(38)25(33-29(39)40-32(9,10)11)19-22-13-16-24(36)17-14-22/h12-18,25-26,36H,19H2,1-11H3,(H,33,39)(H,34,37). The van der Waals surface area contributed by atoms with Crippen LogP contribution in [0.4, 0.5) is 4.79 Å². The molecule has 2 aromatic carbocycles. The lowest BCUT2D eigenvalue weighted by molar-refractivity contribution is -0.149. The topological polar surface area (TPSA) is 108 Å². The van der Waals surface area contributed by atoms with Crippen LogP contribution in [0, 0.1) is 13.8 Å². The van der Waals surface area contributed by atoms with Gasteiger partial charge in [0.05, 0.1) is 0 Å². The summed E-state index contributed by atoms with van der Waals surface area (Å²) in [7, 11) is 0. The minimum absolute atomic E-state index is 0.0942. The number of nitrogens with one attached hydrogen (secondary N) is 2. The summed E-state index contributed by atoms with van der Waals surface area (Å²) in [5.41, 5.74) is 1.36. The Hall–Kier alpha value is -3.55. The van der Waals surface area contributed by atoms with Crippen molar-refractivity contribution in [1.29, 1.82) is 0 Å². The van der Waals surface area contributed by atoms with Crippen LogP contribution in [-0.2, 0) is 20.7 Å². The molecule has 0 bridgehead atoms. The molecule has 3 N–H and O–H groups in total. The monoisotopic (exact) mass is 553 g/mol. The zero-order valence-electron chi connectivity index (χ0n) is 25.9. The molecular weight excluding hydrogens is 506 g/mol. The van der Waals surface area contributed by atoms with Gasteiger partial charge < -0.3 is 25.4 Å². The molecule has 40 heavy (non-hydrogen) atoms. The van der Waals surface area contributed by atoms with Crippen LogP contribution in [0.5, 0.6) is 5.75 Å². The third kappa shape index (κ3) is 9.57. The van der Waals surface area contributed by atoms with E-state index in [4.69, 9.17) is 4.74 Å². The van der Waals surface area contributed by atoms with Gasteiger partial charge in [0.15, 0.2) is 0 Å². The second-order valence-electron chi connectivity index (χ2n) is 13.4.